The minimum atomic E-state index is -0.0303. The third-order valence-corrected chi connectivity index (χ3v) is 4.00. The summed E-state index contributed by atoms with van der Waals surface area (Å²) in [5.74, 6) is -0.0303. The van der Waals surface area contributed by atoms with E-state index in [2.05, 4.69) is 21.2 Å². The standard InChI is InChI=1S/C16H26N4O/c1-18-16(21)14-5-4-6-15(13-14)20-11-9-19(10-12-20)8-3-2-7-17/h4-6,13H,2-3,7-12,17H2,1H3,(H,18,21). The van der Waals surface area contributed by atoms with Gasteiger partial charge in [-0.05, 0) is 44.1 Å². The van der Waals surface area contributed by atoms with Crippen LogP contribution >= 0.6 is 0 Å². The molecule has 0 saturated carbocycles. The molecule has 116 valence electrons. The molecule has 0 unspecified atom stereocenters. The molecule has 1 heterocycles. The number of rotatable bonds is 6. The molecule has 1 saturated heterocycles. The molecule has 0 aromatic heterocycles. The lowest BCUT2D eigenvalue weighted by atomic mass is 10.1. The van der Waals surface area contributed by atoms with E-state index in [4.69, 9.17) is 5.73 Å². The SMILES string of the molecule is CNC(=O)c1cccc(N2CCN(CCCCN)CC2)c1. The average Bonchev–Trinajstić information content (AvgIpc) is 2.55. The summed E-state index contributed by atoms with van der Waals surface area (Å²) in [6.07, 6.45) is 2.29. The van der Waals surface area contributed by atoms with Crippen molar-refractivity contribution >= 4 is 11.6 Å². The minimum absolute atomic E-state index is 0.0303. The molecule has 0 aliphatic carbocycles. The second kappa shape index (κ2) is 8.00. The number of anilines is 1. The van der Waals surface area contributed by atoms with Crippen LogP contribution in [-0.4, -0.2) is 57.1 Å². The molecule has 1 aliphatic heterocycles. The molecule has 0 bridgehead atoms. The van der Waals surface area contributed by atoms with Crippen molar-refractivity contribution in [3.05, 3.63) is 29.8 Å². The van der Waals surface area contributed by atoms with Crippen LogP contribution in [0, 0.1) is 0 Å². The molecule has 2 rings (SSSR count). The first kappa shape index (κ1) is 15.8. The van der Waals surface area contributed by atoms with E-state index < -0.39 is 0 Å². The van der Waals surface area contributed by atoms with Gasteiger partial charge in [-0.25, -0.2) is 0 Å². The molecule has 5 nitrogen and oxygen atoms in total. The van der Waals surface area contributed by atoms with Gasteiger partial charge in [0.05, 0.1) is 0 Å². The quantitative estimate of drug-likeness (QED) is 0.765. The van der Waals surface area contributed by atoms with E-state index in [-0.39, 0.29) is 5.91 Å². The smallest absolute Gasteiger partial charge is 0.251 e. The third-order valence-electron chi connectivity index (χ3n) is 4.00. The lowest BCUT2D eigenvalue weighted by Crippen LogP contribution is -2.46. The summed E-state index contributed by atoms with van der Waals surface area (Å²) in [7, 11) is 1.66. The number of hydrogen-bond acceptors (Lipinski definition) is 4. The highest BCUT2D eigenvalue weighted by Gasteiger charge is 2.17. The fourth-order valence-corrected chi connectivity index (χ4v) is 2.70. The van der Waals surface area contributed by atoms with Gasteiger partial charge in [0, 0.05) is 44.5 Å². The fraction of sp³-hybridized carbons (Fsp3) is 0.562. The summed E-state index contributed by atoms with van der Waals surface area (Å²) < 4.78 is 0. The Morgan fingerprint density at radius 2 is 2.00 bits per heavy atom. The molecule has 21 heavy (non-hydrogen) atoms. The van der Waals surface area contributed by atoms with E-state index in [0.29, 0.717) is 0 Å². The monoisotopic (exact) mass is 290 g/mol. The fourth-order valence-electron chi connectivity index (χ4n) is 2.70. The maximum atomic E-state index is 11.7. The number of piperazine rings is 1. The van der Waals surface area contributed by atoms with Crippen molar-refractivity contribution in [3.8, 4) is 0 Å². The normalized spacial score (nSPS) is 16.0. The topological polar surface area (TPSA) is 61.6 Å². The molecule has 3 N–H and O–H groups in total. The van der Waals surface area contributed by atoms with E-state index in [9.17, 15) is 4.79 Å². The lowest BCUT2D eigenvalue weighted by Gasteiger charge is -2.36. The molecule has 5 heteroatoms. The molecule has 0 spiro atoms. The van der Waals surface area contributed by atoms with Crippen molar-refractivity contribution in [2.24, 2.45) is 5.73 Å². The first-order valence-electron chi connectivity index (χ1n) is 7.74. The van der Waals surface area contributed by atoms with Crippen LogP contribution in [0.4, 0.5) is 5.69 Å². The van der Waals surface area contributed by atoms with Crippen LogP contribution in [0.1, 0.15) is 23.2 Å². The predicted molar refractivity (Wildman–Crippen MR) is 86.8 cm³/mol. The molecule has 1 aliphatic rings. The van der Waals surface area contributed by atoms with E-state index in [1.807, 2.05) is 18.2 Å². The van der Waals surface area contributed by atoms with Crippen LogP contribution in [0.25, 0.3) is 0 Å². The van der Waals surface area contributed by atoms with Crippen LogP contribution in [0.15, 0.2) is 24.3 Å². The van der Waals surface area contributed by atoms with E-state index in [0.717, 1.165) is 56.9 Å². The summed E-state index contributed by atoms with van der Waals surface area (Å²) in [5, 5.41) is 2.67. The molecule has 0 atom stereocenters. The Labute approximate surface area is 127 Å². The van der Waals surface area contributed by atoms with E-state index >= 15 is 0 Å². The Balaban J connectivity index is 1.88. The van der Waals surface area contributed by atoms with Crippen molar-refractivity contribution in [3.63, 3.8) is 0 Å². The first-order valence-corrected chi connectivity index (χ1v) is 7.74. The van der Waals surface area contributed by atoms with Crippen molar-refractivity contribution in [2.45, 2.75) is 12.8 Å². The number of benzene rings is 1. The van der Waals surface area contributed by atoms with Crippen molar-refractivity contribution in [1.82, 2.24) is 10.2 Å². The Morgan fingerprint density at radius 1 is 1.24 bits per heavy atom. The number of amides is 1. The summed E-state index contributed by atoms with van der Waals surface area (Å²) in [4.78, 5) is 16.5. The van der Waals surface area contributed by atoms with Gasteiger partial charge in [0.2, 0.25) is 0 Å². The third kappa shape index (κ3) is 4.44. The number of nitrogens with zero attached hydrogens (tertiary/aromatic N) is 2. The second-order valence-electron chi connectivity index (χ2n) is 5.45. The summed E-state index contributed by atoms with van der Waals surface area (Å²) in [5.41, 5.74) is 7.39. The zero-order valence-corrected chi connectivity index (χ0v) is 12.8. The molecule has 0 radical (unpaired) electrons. The predicted octanol–water partition coefficient (Wildman–Crippen LogP) is 0.907. The van der Waals surface area contributed by atoms with E-state index in [1.165, 1.54) is 6.42 Å². The van der Waals surface area contributed by atoms with Gasteiger partial charge in [-0.15, -0.1) is 0 Å². The number of carbonyl (C=O) groups is 1. The number of hydrogen-bond donors (Lipinski definition) is 2. The highest BCUT2D eigenvalue weighted by Crippen LogP contribution is 2.18. The Morgan fingerprint density at radius 3 is 2.67 bits per heavy atom. The number of carbonyl (C=O) groups excluding carboxylic acids is 1. The van der Waals surface area contributed by atoms with Crippen LogP contribution < -0.4 is 16.0 Å². The largest absolute Gasteiger partial charge is 0.369 e. The van der Waals surface area contributed by atoms with Gasteiger partial charge >= 0.3 is 0 Å². The second-order valence-corrected chi connectivity index (χ2v) is 5.45. The molecule has 1 amide bonds. The Hall–Kier alpha value is -1.59. The summed E-state index contributed by atoms with van der Waals surface area (Å²) >= 11 is 0. The number of nitrogens with one attached hydrogen (secondary N) is 1. The van der Waals surface area contributed by atoms with Crippen molar-refractivity contribution in [2.75, 3.05) is 51.2 Å². The van der Waals surface area contributed by atoms with Crippen LogP contribution in [0.2, 0.25) is 0 Å². The van der Waals surface area contributed by atoms with Gasteiger partial charge < -0.3 is 16.0 Å². The highest BCUT2D eigenvalue weighted by atomic mass is 16.1. The molecule has 1 aromatic carbocycles. The zero-order valence-electron chi connectivity index (χ0n) is 12.8. The van der Waals surface area contributed by atoms with Crippen molar-refractivity contribution < 1.29 is 4.79 Å². The molecule has 1 aromatic rings. The van der Waals surface area contributed by atoms with Gasteiger partial charge in [-0.3, -0.25) is 9.69 Å². The summed E-state index contributed by atoms with van der Waals surface area (Å²) in [6.45, 7) is 6.11. The van der Waals surface area contributed by atoms with E-state index in [1.54, 1.807) is 7.05 Å². The summed E-state index contributed by atoms with van der Waals surface area (Å²) in [6, 6.07) is 7.86. The minimum Gasteiger partial charge on any atom is -0.369 e. The lowest BCUT2D eigenvalue weighted by molar-refractivity contribution is 0.0963. The maximum absolute atomic E-state index is 11.7. The van der Waals surface area contributed by atoms with Gasteiger partial charge in [-0.2, -0.15) is 0 Å². The van der Waals surface area contributed by atoms with Crippen LogP contribution in [-0.2, 0) is 0 Å². The first-order chi connectivity index (χ1) is 10.2. The molecule has 1 fully saturated rings. The Bertz CT molecular complexity index is 455. The van der Waals surface area contributed by atoms with Crippen LogP contribution in [0.5, 0.6) is 0 Å². The van der Waals surface area contributed by atoms with Gasteiger partial charge in [-0.1, -0.05) is 6.07 Å². The van der Waals surface area contributed by atoms with Gasteiger partial charge in [0.25, 0.3) is 5.91 Å². The Kier molecular flexibility index (Phi) is 6.02. The molecular weight excluding hydrogens is 264 g/mol. The number of unbranched alkanes of at least 4 members (excludes halogenated alkanes) is 1. The highest BCUT2D eigenvalue weighted by molar-refractivity contribution is 5.94. The van der Waals surface area contributed by atoms with Gasteiger partial charge in [0.15, 0.2) is 0 Å². The van der Waals surface area contributed by atoms with Gasteiger partial charge in [0.1, 0.15) is 0 Å². The molecular formula is C16H26N4O. The van der Waals surface area contributed by atoms with Crippen LogP contribution in [0.3, 0.4) is 0 Å². The average molecular weight is 290 g/mol. The van der Waals surface area contributed by atoms with Crippen molar-refractivity contribution in [1.29, 1.82) is 0 Å². The zero-order chi connectivity index (χ0) is 15.1. The maximum Gasteiger partial charge on any atom is 0.251 e. The number of nitrogens with two attached hydrogens (primary N) is 1.